The second-order valence-corrected chi connectivity index (χ2v) is 9.41. The van der Waals surface area contributed by atoms with E-state index in [4.69, 9.17) is 0 Å². The quantitative estimate of drug-likeness (QED) is 0.616. The molecular weight excluding hydrogens is 316 g/mol. The Morgan fingerprint density at radius 3 is 2.64 bits per heavy atom. The van der Waals surface area contributed by atoms with Gasteiger partial charge in [0.1, 0.15) is 0 Å². The molecular formula is C21H32O4. The molecule has 0 heterocycles. The van der Waals surface area contributed by atoms with Crippen LogP contribution in [0.2, 0.25) is 0 Å². The molecule has 0 unspecified atom stereocenters. The van der Waals surface area contributed by atoms with Gasteiger partial charge in [0.2, 0.25) is 0 Å². The lowest BCUT2D eigenvalue weighted by atomic mass is 9.49. The zero-order chi connectivity index (χ0) is 18.0. The number of aliphatic hydroxyl groups excluding tert-OH is 4. The van der Waals surface area contributed by atoms with Crippen molar-refractivity contribution in [3.05, 3.63) is 23.3 Å². The average Bonchev–Trinajstić information content (AvgIpc) is 2.91. The lowest BCUT2D eigenvalue weighted by Crippen LogP contribution is -2.53. The van der Waals surface area contributed by atoms with Crippen molar-refractivity contribution in [3.8, 4) is 0 Å². The molecule has 8 atom stereocenters. The first kappa shape index (κ1) is 17.7. The molecule has 0 radical (unpaired) electrons. The van der Waals surface area contributed by atoms with Crippen LogP contribution in [0.4, 0.5) is 0 Å². The van der Waals surface area contributed by atoms with Crippen LogP contribution in [-0.4, -0.2) is 45.3 Å². The van der Waals surface area contributed by atoms with Gasteiger partial charge < -0.3 is 20.4 Å². The number of hydrogen-bond acceptors (Lipinski definition) is 4. The van der Waals surface area contributed by atoms with Crippen LogP contribution < -0.4 is 0 Å². The van der Waals surface area contributed by atoms with Crippen LogP contribution in [0.25, 0.3) is 0 Å². The fourth-order valence-electron chi connectivity index (χ4n) is 6.91. The summed E-state index contributed by atoms with van der Waals surface area (Å²) in [6.45, 7) is 4.26. The van der Waals surface area contributed by atoms with Crippen molar-refractivity contribution in [1.82, 2.24) is 0 Å². The van der Waals surface area contributed by atoms with E-state index in [1.807, 2.05) is 0 Å². The van der Waals surface area contributed by atoms with E-state index in [1.54, 1.807) is 0 Å². The third-order valence-electron chi connectivity index (χ3n) is 8.21. The third-order valence-corrected chi connectivity index (χ3v) is 8.21. The highest BCUT2D eigenvalue weighted by atomic mass is 16.3. The first-order valence-electron chi connectivity index (χ1n) is 9.87. The van der Waals surface area contributed by atoms with Gasteiger partial charge in [-0.15, -0.1) is 0 Å². The second kappa shape index (κ2) is 5.91. The molecule has 0 saturated heterocycles. The molecule has 4 rings (SSSR count). The summed E-state index contributed by atoms with van der Waals surface area (Å²) in [5.41, 5.74) is 2.42. The summed E-state index contributed by atoms with van der Waals surface area (Å²) in [6.07, 6.45) is 8.09. The van der Waals surface area contributed by atoms with Crippen LogP contribution in [0.5, 0.6) is 0 Å². The minimum atomic E-state index is -0.700. The Kier molecular flexibility index (Phi) is 4.19. The lowest BCUT2D eigenvalue weighted by Gasteiger charge is -2.56. The van der Waals surface area contributed by atoms with Gasteiger partial charge in [-0.05, 0) is 61.2 Å². The van der Waals surface area contributed by atoms with Crippen LogP contribution in [0.15, 0.2) is 23.3 Å². The molecule has 4 aliphatic rings. The van der Waals surface area contributed by atoms with E-state index < -0.39 is 12.2 Å². The van der Waals surface area contributed by atoms with Crippen LogP contribution in [0.1, 0.15) is 52.4 Å². The third kappa shape index (κ3) is 2.41. The average molecular weight is 348 g/mol. The maximum atomic E-state index is 11.2. The molecule has 25 heavy (non-hydrogen) atoms. The number of allylic oxidation sites excluding steroid dienone is 2. The smallest absolute Gasteiger partial charge is 0.0804 e. The predicted molar refractivity (Wildman–Crippen MR) is 95.7 cm³/mol. The van der Waals surface area contributed by atoms with E-state index in [9.17, 15) is 20.4 Å². The van der Waals surface area contributed by atoms with Crippen molar-refractivity contribution in [2.45, 2.75) is 70.7 Å². The monoisotopic (exact) mass is 348 g/mol. The minimum Gasteiger partial charge on any atom is -0.394 e. The van der Waals surface area contributed by atoms with Gasteiger partial charge in [-0.1, -0.05) is 37.1 Å². The molecule has 0 aliphatic heterocycles. The van der Waals surface area contributed by atoms with Crippen molar-refractivity contribution in [2.75, 3.05) is 6.61 Å². The van der Waals surface area contributed by atoms with E-state index >= 15 is 0 Å². The maximum absolute atomic E-state index is 11.2. The zero-order valence-corrected chi connectivity index (χ0v) is 15.4. The molecule has 140 valence electrons. The van der Waals surface area contributed by atoms with Crippen molar-refractivity contribution in [3.63, 3.8) is 0 Å². The normalized spacial score (nSPS) is 50.2. The van der Waals surface area contributed by atoms with Crippen LogP contribution >= 0.6 is 0 Å². The van der Waals surface area contributed by atoms with Crippen LogP contribution in [-0.2, 0) is 0 Å². The Balaban J connectivity index is 1.73. The first-order chi connectivity index (χ1) is 11.8. The Labute approximate surface area is 150 Å². The van der Waals surface area contributed by atoms with Crippen molar-refractivity contribution in [1.29, 1.82) is 0 Å². The van der Waals surface area contributed by atoms with Gasteiger partial charge in [-0.2, -0.15) is 0 Å². The topological polar surface area (TPSA) is 80.9 Å². The van der Waals surface area contributed by atoms with Crippen molar-refractivity contribution >= 4 is 0 Å². The largest absolute Gasteiger partial charge is 0.394 e. The van der Waals surface area contributed by atoms with Gasteiger partial charge in [0.05, 0.1) is 24.9 Å². The lowest BCUT2D eigenvalue weighted by molar-refractivity contribution is -0.0741. The highest BCUT2D eigenvalue weighted by molar-refractivity contribution is 5.40. The molecule has 0 aromatic rings. The van der Waals surface area contributed by atoms with E-state index in [2.05, 4.69) is 26.0 Å². The predicted octanol–water partition coefficient (Wildman–Crippen LogP) is 2.17. The Bertz CT molecular complexity index is 611. The number of rotatable bonds is 2. The molecule has 4 N–H and O–H groups in total. The van der Waals surface area contributed by atoms with Gasteiger partial charge in [0.25, 0.3) is 0 Å². The van der Waals surface area contributed by atoms with E-state index in [1.165, 1.54) is 11.1 Å². The summed E-state index contributed by atoms with van der Waals surface area (Å²) in [6, 6.07) is 0. The molecule has 3 fully saturated rings. The highest BCUT2D eigenvalue weighted by Gasteiger charge is 2.60. The molecule has 3 saturated carbocycles. The molecule has 0 aromatic carbocycles. The molecule has 0 aromatic heterocycles. The van der Waals surface area contributed by atoms with Gasteiger partial charge in [-0.3, -0.25) is 0 Å². The number of hydrogen-bond donors (Lipinski definition) is 4. The van der Waals surface area contributed by atoms with Gasteiger partial charge in [-0.25, -0.2) is 0 Å². The summed E-state index contributed by atoms with van der Waals surface area (Å²) < 4.78 is 0. The summed E-state index contributed by atoms with van der Waals surface area (Å²) >= 11 is 0. The van der Waals surface area contributed by atoms with E-state index in [0.717, 1.165) is 32.1 Å². The molecule has 0 bridgehead atoms. The fraction of sp³-hybridized carbons (Fsp3) is 0.810. The first-order valence-corrected chi connectivity index (χ1v) is 9.87. The van der Waals surface area contributed by atoms with E-state index in [0.29, 0.717) is 12.3 Å². The van der Waals surface area contributed by atoms with Crippen LogP contribution in [0.3, 0.4) is 0 Å². The molecule has 4 aliphatic carbocycles. The fourth-order valence-corrected chi connectivity index (χ4v) is 6.91. The standard InChI is InChI=1S/C21H32O4/c1-20-8-7-13(23)9-12(20)3-4-14-15-5-6-16(18(25)11-22)21(15,2)10-17(24)19(14)20/h3-4,13,15-19,22-25H,5-11H2,1-2H3/t13-,15-,16+,17-,18-,19+,20-,21-/m0/s1. The molecule has 4 nitrogen and oxygen atoms in total. The summed E-state index contributed by atoms with van der Waals surface area (Å²) in [5, 5.41) is 41.0. The van der Waals surface area contributed by atoms with Gasteiger partial charge in [0, 0.05) is 5.92 Å². The van der Waals surface area contributed by atoms with Crippen molar-refractivity contribution < 1.29 is 20.4 Å². The van der Waals surface area contributed by atoms with Crippen LogP contribution in [0, 0.1) is 28.6 Å². The van der Waals surface area contributed by atoms with Crippen molar-refractivity contribution in [2.24, 2.45) is 28.6 Å². The summed E-state index contributed by atoms with van der Waals surface area (Å²) in [5.74, 6) is 0.544. The molecule has 0 amide bonds. The summed E-state index contributed by atoms with van der Waals surface area (Å²) in [4.78, 5) is 0. The Hall–Kier alpha value is -0.680. The van der Waals surface area contributed by atoms with Gasteiger partial charge in [0.15, 0.2) is 0 Å². The Morgan fingerprint density at radius 1 is 1.16 bits per heavy atom. The highest BCUT2D eigenvalue weighted by Crippen LogP contribution is 2.65. The number of fused-ring (bicyclic) bond motifs is 5. The second-order valence-electron chi connectivity index (χ2n) is 9.41. The molecule has 4 heteroatoms. The summed E-state index contributed by atoms with van der Waals surface area (Å²) in [7, 11) is 0. The Morgan fingerprint density at radius 2 is 1.92 bits per heavy atom. The number of aliphatic hydroxyl groups is 4. The SMILES string of the molecule is C[C@]12C[C@H](O)[C@H]3C(=CC=C4C[C@@H](O)CC[C@@]43C)[C@@H]1CC[C@@H]2[C@@H](O)CO. The maximum Gasteiger partial charge on any atom is 0.0804 e. The minimum absolute atomic E-state index is 0.0466. The van der Waals surface area contributed by atoms with E-state index in [-0.39, 0.29) is 35.4 Å². The van der Waals surface area contributed by atoms with Gasteiger partial charge >= 0.3 is 0 Å². The zero-order valence-electron chi connectivity index (χ0n) is 15.4. The molecule has 0 spiro atoms.